The van der Waals surface area contributed by atoms with E-state index in [0.717, 1.165) is 48.7 Å². The van der Waals surface area contributed by atoms with Gasteiger partial charge in [0.05, 0.1) is 12.1 Å². The number of carboxylic acid groups (broad SMARTS) is 1. The molecule has 0 saturated heterocycles. The number of fused-ring (bicyclic) bond motifs is 2. The number of rotatable bonds is 9. The van der Waals surface area contributed by atoms with Gasteiger partial charge in [-0.25, -0.2) is 4.98 Å². The van der Waals surface area contributed by atoms with Crippen molar-refractivity contribution in [3.05, 3.63) is 53.3 Å². The SMILES string of the molecule is CN1CCNc2nc(CCCc3noc(CC(CC(=O)O)c4ccc5c(c4)OCO5)n3)ccc21. The van der Waals surface area contributed by atoms with Crippen LogP contribution in [0.5, 0.6) is 11.5 Å². The first-order valence-electron chi connectivity index (χ1n) is 11.4. The Bertz CT molecular complexity index is 1180. The Morgan fingerprint density at radius 3 is 2.94 bits per heavy atom. The van der Waals surface area contributed by atoms with E-state index in [1.54, 1.807) is 6.07 Å². The Morgan fingerprint density at radius 1 is 1.18 bits per heavy atom. The van der Waals surface area contributed by atoms with Gasteiger partial charge >= 0.3 is 5.97 Å². The number of carbonyl (C=O) groups is 1. The first kappa shape index (κ1) is 22.0. The average Bonchev–Trinajstić information content (AvgIpc) is 3.47. The lowest BCUT2D eigenvalue weighted by Gasteiger charge is -2.27. The van der Waals surface area contributed by atoms with Crippen molar-refractivity contribution in [2.45, 2.75) is 38.0 Å². The number of hydrogen-bond acceptors (Lipinski definition) is 9. The summed E-state index contributed by atoms with van der Waals surface area (Å²) in [5.74, 6) is 2.06. The fourth-order valence-corrected chi connectivity index (χ4v) is 4.33. The van der Waals surface area contributed by atoms with Gasteiger partial charge in [0.2, 0.25) is 12.7 Å². The van der Waals surface area contributed by atoms with Crippen LogP contribution in [-0.4, -0.2) is 53.1 Å². The Hall–Kier alpha value is -3.82. The maximum atomic E-state index is 11.5. The molecule has 10 nitrogen and oxygen atoms in total. The molecule has 1 aromatic carbocycles. The second-order valence-corrected chi connectivity index (χ2v) is 8.59. The predicted molar refractivity (Wildman–Crippen MR) is 124 cm³/mol. The fraction of sp³-hybridized carbons (Fsp3) is 0.417. The summed E-state index contributed by atoms with van der Waals surface area (Å²) in [6.07, 6.45) is 2.58. The van der Waals surface area contributed by atoms with Gasteiger partial charge in [0.25, 0.3) is 0 Å². The molecule has 2 aromatic heterocycles. The zero-order valence-electron chi connectivity index (χ0n) is 19.0. The van der Waals surface area contributed by atoms with Crippen molar-refractivity contribution in [2.24, 2.45) is 0 Å². The number of aliphatic carboxylic acids is 1. The van der Waals surface area contributed by atoms with Gasteiger partial charge in [0, 0.05) is 44.6 Å². The van der Waals surface area contributed by atoms with Gasteiger partial charge < -0.3 is 29.3 Å². The van der Waals surface area contributed by atoms with Crippen molar-refractivity contribution in [3.63, 3.8) is 0 Å². The zero-order valence-corrected chi connectivity index (χ0v) is 19.0. The lowest BCUT2D eigenvalue weighted by Crippen LogP contribution is -2.31. The number of aryl methyl sites for hydroxylation is 2. The lowest BCUT2D eigenvalue weighted by molar-refractivity contribution is -0.137. The summed E-state index contributed by atoms with van der Waals surface area (Å²) < 4.78 is 16.2. The highest BCUT2D eigenvalue weighted by molar-refractivity contribution is 5.68. The van der Waals surface area contributed by atoms with Crippen LogP contribution in [0.3, 0.4) is 0 Å². The Kier molecular flexibility index (Phi) is 6.20. The number of likely N-dealkylation sites (N-methyl/N-ethyl adjacent to an activating group) is 1. The van der Waals surface area contributed by atoms with Crippen LogP contribution in [0.1, 0.15) is 41.7 Å². The average molecular weight is 466 g/mol. The molecule has 1 unspecified atom stereocenters. The van der Waals surface area contributed by atoms with E-state index in [4.69, 9.17) is 19.0 Å². The topological polar surface area (TPSA) is 123 Å². The number of carboxylic acids is 1. The molecular weight excluding hydrogens is 438 g/mol. The van der Waals surface area contributed by atoms with Crippen LogP contribution < -0.4 is 19.7 Å². The second-order valence-electron chi connectivity index (χ2n) is 8.59. The molecule has 178 valence electrons. The summed E-state index contributed by atoms with van der Waals surface area (Å²) in [6, 6.07) is 9.65. The van der Waals surface area contributed by atoms with Gasteiger partial charge in [-0.15, -0.1) is 0 Å². The van der Waals surface area contributed by atoms with Gasteiger partial charge in [-0.3, -0.25) is 4.79 Å². The number of aromatic nitrogens is 3. The quantitative estimate of drug-likeness (QED) is 0.487. The summed E-state index contributed by atoms with van der Waals surface area (Å²) in [4.78, 5) is 22.9. The highest BCUT2D eigenvalue weighted by Gasteiger charge is 2.23. The standard InChI is InChI=1S/C24H27N5O5/c1-29-10-9-25-24-18(29)7-6-17(26-24)3-2-4-21-27-22(34-28-21)12-16(13-23(30)31)15-5-8-19-20(11-15)33-14-32-19/h5-8,11,16H,2-4,9-10,12-14H2,1H3,(H,25,26)(H,30,31). The maximum Gasteiger partial charge on any atom is 0.303 e. The molecule has 0 fully saturated rings. The highest BCUT2D eigenvalue weighted by atomic mass is 16.7. The first-order valence-corrected chi connectivity index (χ1v) is 11.4. The number of nitrogens with zero attached hydrogens (tertiary/aromatic N) is 4. The number of anilines is 2. The van der Waals surface area contributed by atoms with Crippen molar-refractivity contribution in [3.8, 4) is 11.5 Å². The van der Waals surface area contributed by atoms with Crippen LogP contribution in [0.2, 0.25) is 0 Å². The molecule has 0 spiro atoms. The molecule has 3 aromatic rings. The second kappa shape index (κ2) is 9.58. The predicted octanol–water partition coefficient (Wildman–Crippen LogP) is 3.03. The molecule has 2 aliphatic rings. The van der Waals surface area contributed by atoms with Gasteiger partial charge in [-0.05, 0) is 42.7 Å². The minimum absolute atomic E-state index is 0.0510. The molecular formula is C24H27N5O5. The third kappa shape index (κ3) is 4.90. The summed E-state index contributed by atoms with van der Waals surface area (Å²) in [7, 11) is 2.07. The fourth-order valence-electron chi connectivity index (χ4n) is 4.33. The summed E-state index contributed by atoms with van der Waals surface area (Å²) in [5.41, 5.74) is 2.98. The van der Waals surface area contributed by atoms with Gasteiger partial charge in [0.1, 0.15) is 5.82 Å². The van der Waals surface area contributed by atoms with E-state index in [1.165, 1.54) is 0 Å². The molecule has 10 heteroatoms. The molecule has 2 N–H and O–H groups in total. The molecule has 0 bridgehead atoms. The number of nitrogens with one attached hydrogen (secondary N) is 1. The van der Waals surface area contributed by atoms with Crippen LogP contribution in [-0.2, 0) is 24.1 Å². The number of ether oxygens (including phenoxy) is 2. The van der Waals surface area contributed by atoms with E-state index in [2.05, 4.69) is 39.5 Å². The maximum absolute atomic E-state index is 11.5. The molecule has 5 rings (SSSR count). The van der Waals surface area contributed by atoms with E-state index in [0.29, 0.717) is 36.1 Å². The minimum atomic E-state index is -0.888. The number of benzene rings is 1. The lowest BCUT2D eigenvalue weighted by atomic mass is 9.92. The van der Waals surface area contributed by atoms with Gasteiger partial charge in [-0.2, -0.15) is 4.98 Å². The third-order valence-electron chi connectivity index (χ3n) is 6.14. The van der Waals surface area contributed by atoms with E-state index in [9.17, 15) is 9.90 Å². The van der Waals surface area contributed by atoms with E-state index in [-0.39, 0.29) is 19.1 Å². The summed E-state index contributed by atoms with van der Waals surface area (Å²) >= 11 is 0. The third-order valence-corrected chi connectivity index (χ3v) is 6.14. The van der Waals surface area contributed by atoms with E-state index >= 15 is 0 Å². The molecule has 0 aliphatic carbocycles. The molecule has 2 aliphatic heterocycles. The summed E-state index contributed by atoms with van der Waals surface area (Å²) in [5, 5.41) is 16.8. The molecule has 0 saturated carbocycles. The Labute approximate surface area is 196 Å². The zero-order chi connectivity index (χ0) is 23.5. The normalized spacial score (nSPS) is 15.0. The van der Waals surface area contributed by atoms with Gasteiger partial charge in [0.15, 0.2) is 17.3 Å². The molecule has 0 amide bonds. The Morgan fingerprint density at radius 2 is 2.06 bits per heavy atom. The van der Waals surface area contributed by atoms with Crippen molar-refractivity contribution >= 4 is 17.5 Å². The van der Waals surface area contributed by atoms with Crippen LogP contribution in [0.4, 0.5) is 11.5 Å². The van der Waals surface area contributed by atoms with E-state index < -0.39 is 5.97 Å². The smallest absolute Gasteiger partial charge is 0.303 e. The monoisotopic (exact) mass is 465 g/mol. The first-order chi connectivity index (χ1) is 16.5. The van der Waals surface area contributed by atoms with Crippen LogP contribution >= 0.6 is 0 Å². The van der Waals surface area contributed by atoms with Crippen molar-refractivity contribution in [1.29, 1.82) is 0 Å². The van der Waals surface area contributed by atoms with E-state index in [1.807, 2.05) is 12.1 Å². The number of hydrogen-bond donors (Lipinski definition) is 2. The summed E-state index contributed by atoms with van der Waals surface area (Å²) in [6.45, 7) is 2.03. The van der Waals surface area contributed by atoms with Crippen LogP contribution in [0.25, 0.3) is 0 Å². The van der Waals surface area contributed by atoms with Crippen LogP contribution in [0.15, 0.2) is 34.9 Å². The Balaban J connectivity index is 1.19. The number of pyridine rings is 1. The molecule has 4 heterocycles. The molecule has 0 radical (unpaired) electrons. The van der Waals surface area contributed by atoms with Crippen LogP contribution in [0, 0.1) is 0 Å². The van der Waals surface area contributed by atoms with Gasteiger partial charge in [-0.1, -0.05) is 11.2 Å². The highest BCUT2D eigenvalue weighted by Crippen LogP contribution is 2.36. The molecule has 1 atom stereocenters. The van der Waals surface area contributed by atoms with Crippen molar-refractivity contribution in [1.82, 2.24) is 15.1 Å². The molecule has 34 heavy (non-hydrogen) atoms. The van der Waals surface area contributed by atoms with Crippen molar-refractivity contribution in [2.75, 3.05) is 37.1 Å². The van der Waals surface area contributed by atoms with Crippen molar-refractivity contribution < 1.29 is 23.9 Å². The minimum Gasteiger partial charge on any atom is -0.481 e. The largest absolute Gasteiger partial charge is 0.481 e.